The van der Waals surface area contributed by atoms with Crippen molar-refractivity contribution < 1.29 is 9.26 Å². The Morgan fingerprint density at radius 3 is 2.82 bits per heavy atom. The number of halogens is 1. The fraction of sp³-hybridized carbons (Fsp3) is 0.333. The van der Waals surface area contributed by atoms with Gasteiger partial charge in [-0.15, -0.1) is 0 Å². The summed E-state index contributed by atoms with van der Waals surface area (Å²) in [6.45, 7) is 4.65. The second-order valence-corrected chi connectivity index (χ2v) is 4.97. The summed E-state index contributed by atoms with van der Waals surface area (Å²) in [5.74, 6) is 1.39. The molecule has 1 aromatic heterocycles. The molecule has 2 aromatic rings. The molecule has 17 heavy (non-hydrogen) atoms. The first-order chi connectivity index (χ1) is 8.20. The van der Waals surface area contributed by atoms with Crippen molar-refractivity contribution >= 4 is 15.9 Å². The summed E-state index contributed by atoms with van der Waals surface area (Å²) in [6, 6.07) is 5.94. The zero-order valence-corrected chi connectivity index (χ0v) is 11.3. The Balaban J connectivity index is 2.44. The van der Waals surface area contributed by atoms with Crippen molar-refractivity contribution in [2.45, 2.75) is 18.7 Å². The van der Waals surface area contributed by atoms with E-state index >= 15 is 0 Å². The zero-order valence-electron chi connectivity index (χ0n) is 9.68. The number of alkyl halides is 1. The van der Waals surface area contributed by atoms with Gasteiger partial charge in [0.2, 0.25) is 12.2 Å². The van der Waals surface area contributed by atoms with E-state index in [0.29, 0.717) is 12.4 Å². The summed E-state index contributed by atoms with van der Waals surface area (Å²) in [5, 5.41) is 3.83. The molecule has 0 radical (unpaired) electrons. The summed E-state index contributed by atoms with van der Waals surface area (Å²) >= 11 is 3.55. The molecule has 1 atom stereocenters. The highest BCUT2D eigenvalue weighted by Crippen LogP contribution is 2.30. The first-order valence-electron chi connectivity index (χ1n) is 5.39. The number of benzene rings is 1. The van der Waals surface area contributed by atoms with Gasteiger partial charge >= 0.3 is 0 Å². The molecule has 2 rings (SSSR count). The number of hydrogen-bond donors (Lipinski definition) is 0. The molecule has 1 unspecified atom stereocenters. The molecule has 0 aliphatic rings. The highest BCUT2D eigenvalue weighted by atomic mass is 79.9. The van der Waals surface area contributed by atoms with Crippen LogP contribution in [-0.4, -0.2) is 16.7 Å². The van der Waals surface area contributed by atoms with Gasteiger partial charge in [-0.25, -0.2) is 0 Å². The van der Waals surface area contributed by atoms with Crippen LogP contribution in [0.25, 0.3) is 11.4 Å². The number of hydrogen-bond acceptors (Lipinski definition) is 4. The van der Waals surface area contributed by atoms with Gasteiger partial charge in [0, 0.05) is 10.4 Å². The molecule has 5 heteroatoms. The summed E-state index contributed by atoms with van der Waals surface area (Å²) in [6.07, 6.45) is 1.32. The molecule has 0 spiro atoms. The minimum absolute atomic E-state index is 0.244. The Morgan fingerprint density at radius 1 is 1.41 bits per heavy atom. The molecule has 90 valence electrons. The lowest BCUT2D eigenvalue weighted by atomic mass is 10.1. The lowest BCUT2D eigenvalue weighted by molar-refractivity contribution is 0.340. The van der Waals surface area contributed by atoms with Crippen molar-refractivity contribution in [1.29, 1.82) is 0 Å². The van der Waals surface area contributed by atoms with E-state index in [1.807, 2.05) is 25.1 Å². The van der Waals surface area contributed by atoms with E-state index in [4.69, 9.17) is 9.26 Å². The van der Waals surface area contributed by atoms with Crippen molar-refractivity contribution in [3.63, 3.8) is 0 Å². The van der Waals surface area contributed by atoms with Gasteiger partial charge < -0.3 is 9.26 Å². The van der Waals surface area contributed by atoms with Crippen LogP contribution in [0.1, 0.15) is 24.2 Å². The van der Waals surface area contributed by atoms with E-state index in [9.17, 15) is 0 Å². The number of ether oxygens (including phenoxy) is 1. The standard InChI is InChI=1S/C12H13BrN2O2/c1-3-16-11-5-9(8(2)13)4-10(6-11)12-14-7-17-15-12/h4-8H,3H2,1-2H3. The van der Waals surface area contributed by atoms with Gasteiger partial charge in [0.1, 0.15) is 5.75 Å². The summed E-state index contributed by atoms with van der Waals surface area (Å²) in [7, 11) is 0. The lowest BCUT2D eigenvalue weighted by Crippen LogP contribution is -1.95. The van der Waals surface area contributed by atoms with E-state index < -0.39 is 0 Å². The molecule has 0 saturated heterocycles. The van der Waals surface area contributed by atoms with Gasteiger partial charge in [-0.1, -0.05) is 21.1 Å². The quantitative estimate of drug-likeness (QED) is 0.809. The Kier molecular flexibility index (Phi) is 3.78. The topological polar surface area (TPSA) is 48.2 Å². The monoisotopic (exact) mass is 296 g/mol. The Labute approximate surface area is 108 Å². The minimum atomic E-state index is 0.244. The maximum absolute atomic E-state index is 5.53. The molecule has 0 bridgehead atoms. The molecule has 4 nitrogen and oxygen atoms in total. The first-order valence-corrected chi connectivity index (χ1v) is 6.31. The molecular weight excluding hydrogens is 284 g/mol. The van der Waals surface area contributed by atoms with Crippen LogP contribution in [0.2, 0.25) is 0 Å². The zero-order chi connectivity index (χ0) is 12.3. The largest absolute Gasteiger partial charge is 0.494 e. The fourth-order valence-corrected chi connectivity index (χ4v) is 1.79. The van der Waals surface area contributed by atoms with Crippen LogP contribution in [0.5, 0.6) is 5.75 Å². The number of rotatable bonds is 4. The van der Waals surface area contributed by atoms with E-state index in [0.717, 1.165) is 16.9 Å². The highest BCUT2D eigenvalue weighted by Gasteiger charge is 2.10. The molecule has 0 amide bonds. The van der Waals surface area contributed by atoms with Crippen molar-refractivity contribution in [2.24, 2.45) is 0 Å². The Bertz CT molecular complexity index is 483. The average molecular weight is 297 g/mol. The molecule has 0 fully saturated rings. The van der Waals surface area contributed by atoms with Crippen molar-refractivity contribution in [3.05, 3.63) is 30.2 Å². The molecular formula is C12H13BrN2O2. The van der Waals surface area contributed by atoms with Crippen LogP contribution in [0.3, 0.4) is 0 Å². The van der Waals surface area contributed by atoms with Crippen molar-refractivity contribution in [2.75, 3.05) is 6.61 Å². The van der Waals surface area contributed by atoms with Gasteiger partial charge in [0.15, 0.2) is 0 Å². The van der Waals surface area contributed by atoms with Gasteiger partial charge in [0.05, 0.1) is 6.61 Å². The molecule has 1 heterocycles. The van der Waals surface area contributed by atoms with Gasteiger partial charge in [0.25, 0.3) is 0 Å². The van der Waals surface area contributed by atoms with Crippen LogP contribution in [-0.2, 0) is 0 Å². The van der Waals surface area contributed by atoms with Gasteiger partial charge in [-0.05, 0) is 37.6 Å². The molecule has 0 aliphatic carbocycles. The smallest absolute Gasteiger partial charge is 0.214 e. The SMILES string of the molecule is CCOc1cc(-c2ncon2)cc(C(C)Br)c1. The van der Waals surface area contributed by atoms with E-state index in [-0.39, 0.29) is 4.83 Å². The van der Waals surface area contributed by atoms with Crippen molar-refractivity contribution in [3.8, 4) is 17.1 Å². The van der Waals surface area contributed by atoms with E-state index in [2.05, 4.69) is 33.0 Å². The van der Waals surface area contributed by atoms with Crippen LogP contribution in [0, 0.1) is 0 Å². The van der Waals surface area contributed by atoms with Gasteiger partial charge in [-0.3, -0.25) is 0 Å². The predicted octanol–water partition coefficient (Wildman–Crippen LogP) is 3.59. The van der Waals surface area contributed by atoms with E-state index in [1.54, 1.807) is 0 Å². The third-order valence-electron chi connectivity index (χ3n) is 2.32. The third kappa shape index (κ3) is 2.85. The van der Waals surface area contributed by atoms with Crippen LogP contribution >= 0.6 is 15.9 Å². The summed E-state index contributed by atoms with van der Waals surface area (Å²) in [4.78, 5) is 4.28. The minimum Gasteiger partial charge on any atom is -0.494 e. The second-order valence-electron chi connectivity index (χ2n) is 3.59. The lowest BCUT2D eigenvalue weighted by Gasteiger charge is -2.10. The molecule has 0 N–H and O–H groups in total. The maximum Gasteiger partial charge on any atom is 0.214 e. The molecule has 1 aromatic carbocycles. The van der Waals surface area contributed by atoms with Crippen LogP contribution in [0.15, 0.2) is 29.1 Å². The van der Waals surface area contributed by atoms with Crippen LogP contribution < -0.4 is 4.74 Å². The summed E-state index contributed by atoms with van der Waals surface area (Å²) in [5.41, 5.74) is 2.02. The third-order valence-corrected chi connectivity index (χ3v) is 2.85. The van der Waals surface area contributed by atoms with Gasteiger partial charge in [-0.2, -0.15) is 4.98 Å². The molecule has 0 aliphatic heterocycles. The number of aromatic nitrogens is 2. The maximum atomic E-state index is 5.53. The Morgan fingerprint density at radius 2 is 2.24 bits per heavy atom. The Hall–Kier alpha value is -1.36. The first kappa shape index (κ1) is 12.1. The average Bonchev–Trinajstić information content (AvgIpc) is 2.82. The highest BCUT2D eigenvalue weighted by molar-refractivity contribution is 9.09. The normalized spacial score (nSPS) is 12.4. The van der Waals surface area contributed by atoms with Crippen molar-refractivity contribution in [1.82, 2.24) is 10.1 Å². The summed E-state index contributed by atoms with van der Waals surface area (Å²) < 4.78 is 10.3. The predicted molar refractivity (Wildman–Crippen MR) is 68.2 cm³/mol. The second kappa shape index (κ2) is 5.31. The van der Waals surface area contributed by atoms with E-state index in [1.165, 1.54) is 6.39 Å². The number of nitrogens with zero attached hydrogens (tertiary/aromatic N) is 2. The molecule has 0 saturated carbocycles. The van der Waals surface area contributed by atoms with Crippen LogP contribution in [0.4, 0.5) is 0 Å². The fourth-order valence-electron chi connectivity index (χ4n) is 1.53.